The average molecular weight is 284 g/mol. The fraction of sp³-hybridized carbons (Fsp3) is 0.412. The number of benzene rings is 1. The van der Waals surface area contributed by atoms with E-state index in [1.54, 1.807) is 18.2 Å². The Hall–Kier alpha value is -2.10. The molecular weight excluding hydrogens is 264 g/mol. The SMILES string of the molecule is O=C(CC1C=CCC1)Nc1cccc(C(=O)NC2CC2)c1. The maximum absolute atomic E-state index is 12.0. The summed E-state index contributed by atoms with van der Waals surface area (Å²) in [4.78, 5) is 24.0. The molecule has 2 N–H and O–H groups in total. The lowest BCUT2D eigenvalue weighted by molar-refractivity contribution is -0.116. The maximum atomic E-state index is 12.0. The molecule has 0 radical (unpaired) electrons. The summed E-state index contributed by atoms with van der Waals surface area (Å²) >= 11 is 0. The summed E-state index contributed by atoms with van der Waals surface area (Å²) in [5.74, 6) is 0.296. The van der Waals surface area contributed by atoms with E-state index in [0.717, 1.165) is 25.7 Å². The molecule has 1 aromatic rings. The third-order valence-corrected chi connectivity index (χ3v) is 3.88. The van der Waals surface area contributed by atoms with E-state index in [0.29, 0.717) is 29.6 Å². The summed E-state index contributed by atoms with van der Waals surface area (Å²) in [6.07, 6.45) is 9.00. The highest BCUT2D eigenvalue weighted by Gasteiger charge is 2.23. The average Bonchev–Trinajstić information content (AvgIpc) is 3.13. The molecule has 1 atom stereocenters. The minimum absolute atomic E-state index is 0.00583. The van der Waals surface area contributed by atoms with Crippen LogP contribution in [0.1, 0.15) is 42.5 Å². The number of hydrogen-bond donors (Lipinski definition) is 2. The van der Waals surface area contributed by atoms with Crippen LogP contribution in [0.2, 0.25) is 0 Å². The Kier molecular flexibility index (Phi) is 4.04. The molecule has 21 heavy (non-hydrogen) atoms. The second-order valence-corrected chi connectivity index (χ2v) is 5.85. The van der Waals surface area contributed by atoms with Gasteiger partial charge in [-0.1, -0.05) is 18.2 Å². The lowest BCUT2D eigenvalue weighted by Gasteiger charge is -2.10. The molecule has 0 saturated heterocycles. The molecule has 4 nitrogen and oxygen atoms in total. The Labute approximate surface area is 124 Å². The van der Waals surface area contributed by atoms with E-state index < -0.39 is 0 Å². The number of hydrogen-bond acceptors (Lipinski definition) is 2. The molecule has 1 saturated carbocycles. The van der Waals surface area contributed by atoms with Gasteiger partial charge in [0.2, 0.25) is 5.91 Å². The Balaban J connectivity index is 1.58. The van der Waals surface area contributed by atoms with Gasteiger partial charge in [-0.2, -0.15) is 0 Å². The molecule has 2 aliphatic rings. The topological polar surface area (TPSA) is 58.2 Å². The molecule has 1 aromatic carbocycles. The van der Waals surface area contributed by atoms with Gasteiger partial charge >= 0.3 is 0 Å². The number of carbonyl (C=O) groups excluding carboxylic acids is 2. The predicted octanol–water partition coefficient (Wildman–Crippen LogP) is 2.87. The fourth-order valence-corrected chi connectivity index (χ4v) is 2.55. The molecule has 3 rings (SSSR count). The van der Waals surface area contributed by atoms with Gasteiger partial charge in [-0.3, -0.25) is 9.59 Å². The second-order valence-electron chi connectivity index (χ2n) is 5.85. The van der Waals surface area contributed by atoms with Gasteiger partial charge in [-0.15, -0.1) is 0 Å². The van der Waals surface area contributed by atoms with Crippen LogP contribution in [0.3, 0.4) is 0 Å². The molecule has 0 aromatic heterocycles. The monoisotopic (exact) mass is 284 g/mol. The summed E-state index contributed by atoms with van der Waals surface area (Å²) in [7, 11) is 0. The molecule has 0 spiro atoms. The summed E-state index contributed by atoms with van der Waals surface area (Å²) in [6.45, 7) is 0. The number of anilines is 1. The first-order valence-electron chi connectivity index (χ1n) is 7.58. The number of amides is 2. The van der Waals surface area contributed by atoms with Crippen LogP contribution in [-0.2, 0) is 4.79 Å². The van der Waals surface area contributed by atoms with Crippen LogP contribution in [0.4, 0.5) is 5.69 Å². The molecule has 0 heterocycles. The van der Waals surface area contributed by atoms with E-state index in [-0.39, 0.29) is 11.8 Å². The van der Waals surface area contributed by atoms with Crippen molar-refractivity contribution < 1.29 is 9.59 Å². The summed E-state index contributed by atoms with van der Waals surface area (Å²) in [5.41, 5.74) is 1.28. The van der Waals surface area contributed by atoms with E-state index in [1.807, 2.05) is 6.07 Å². The Morgan fingerprint density at radius 3 is 2.76 bits per heavy atom. The van der Waals surface area contributed by atoms with Gasteiger partial charge in [0.05, 0.1) is 0 Å². The fourth-order valence-electron chi connectivity index (χ4n) is 2.55. The Bertz CT molecular complexity index is 576. The largest absolute Gasteiger partial charge is 0.349 e. The first-order chi connectivity index (χ1) is 10.2. The van der Waals surface area contributed by atoms with Crippen LogP contribution in [0.5, 0.6) is 0 Å². The molecule has 4 heteroatoms. The van der Waals surface area contributed by atoms with Gasteiger partial charge in [-0.25, -0.2) is 0 Å². The van der Waals surface area contributed by atoms with E-state index >= 15 is 0 Å². The molecule has 0 aliphatic heterocycles. The van der Waals surface area contributed by atoms with E-state index in [2.05, 4.69) is 22.8 Å². The third-order valence-electron chi connectivity index (χ3n) is 3.88. The Morgan fingerprint density at radius 1 is 1.19 bits per heavy atom. The smallest absolute Gasteiger partial charge is 0.251 e. The lowest BCUT2D eigenvalue weighted by Crippen LogP contribution is -2.25. The summed E-state index contributed by atoms with van der Waals surface area (Å²) in [5, 5.41) is 5.83. The maximum Gasteiger partial charge on any atom is 0.251 e. The zero-order valence-corrected chi connectivity index (χ0v) is 12.0. The Morgan fingerprint density at radius 2 is 2.05 bits per heavy atom. The van der Waals surface area contributed by atoms with Gasteiger partial charge < -0.3 is 10.6 Å². The normalized spacial score (nSPS) is 20.3. The molecule has 0 bridgehead atoms. The summed E-state index contributed by atoms with van der Waals surface area (Å²) < 4.78 is 0. The second kappa shape index (κ2) is 6.12. The zero-order valence-electron chi connectivity index (χ0n) is 12.0. The van der Waals surface area contributed by atoms with Gasteiger partial charge in [0.15, 0.2) is 0 Å². The predicted molar refractivity (Wildman–Crippen MR) is 82.0 cm³/mol. The van der Waals surface area contributed by atoms with E-state index in [1.165, 1.54) is 0 Å². The molecule has 2 amide bonds. The van der Waals surface area contributed by atoms with Crippen molar-refractivity contribution in [3.05, 3.63) is 42.0 Å². The number of rotatable bonds is 5. The minimum Gasteiger partial charge on any atom is -0.349 e. The first-order valence-corrected chi connectivity index (χ1v) is 7.58. The molecular formula is C17H20N2O2. The van der Waals surface area contributed by atoms with Crippen molar-refractivity contribution in [2.45, 2.75) is 38.1 Å². The first kappa shape index (κ1) is 13.9. The van der Waals surface area contributed by atoms with Crippen LogP contribution in [0.25, 0.3) is 0 Å². The van der Waals surface area contributed by atoms with Gasteiger partial charge in [0, 0.05) is 23.7 Å². The van der Waals surface area contributed by atoms with Crippen molar-refractivity contribution in [1.29, 1.82) is 0 Å². The highest BCUT2D eigenvalue weighted by atomic mass is 16.2. The standard InChI is InChI=1S/C17H20N2O2/c20-16(10-12-4-1-2-5-12)18-15-7-3-6-13(11-15)17(21)19-14-8-9-14/h1,3-4,6-7,11-12,14H,2,5,8-10H2,(H,18,20)(H,19,21). The van der Waals surface area contributed by atoms with Crippen molar-refractivity contribution in [1.82, 2.24) is 5.32 Å². The quantitative estimate of drug-likeness (QED) is 0.817. The molecule has 1 unspecified atom stereocenters. The highest BCUT2D eigenvalue weighted by molar-refractivity contribution is 5.97. The van der Waals surface area contributed by atoms with Crippen molar-refractivity contribution in [3.63, 3.8) is 0 Å². The van der Waals surface area contributed by atoms with Gasteiger partial charge in [0.25, 0.3) is 5.91 Å². The molecule has 1 fully saturated rings. The van der Waals surface area contributed by atoms with E-state index in [9.17, 15) is 9.59 Å². The van der Waals surface area contributed by atoms with Crippen LogP contribution in [-0.4, -0.2) is 17.9 Å². The minimum atomic E-state index is -0.0627. The van der Waals surface area contributed by atoms with Crippen LogP contribution in [0, 0.1) is 5.92 Å². The van der Waals surface area contributed by atoms with Gasteiger partial charge in [-0.05, 0) is 49.8 Å². The number of nitrogens with one attached hydrogen (secondary N) is 2. The zero-order chi connectivity index (χ0) is 14.7. The van der Waals surface area contributed by atoms with Crippen molar-refractivity contribution in [2.75, 3.05) is 5.32 Å². The summed E-state index contributed by atoms with van der Waals surface area (Å²) in [6, 6.07) is 7.46. The molecule has 2 aliphatic carbocycles. The van der Waals surface area contributed by atoms with Crippen molar-refractivity contribution >= 4 is 17.5 Å². The van der Waals surface area contributed by atoms with E-state index in [4.69, 9.17) is 0 Å². The lowest BCUT2D eigenvalue weighted by atomic mass is 10.0. The highest BCUT2D eigenvalue weighted by Crippen LogP contribution is 2.22. The number of carbonyl (C=O) groups is 2. The third kappa shape index (κ3) is 3.94. The van der Waals surface area contributed by atoms with Crippen LogP contribution < -0.4 is 10.6 Å². The van der Waals surface area contributed by atoms with Crippen LogP contribution in [0.15, 0.2) is 36.4 Å². The molecule has 110 valence electrons. The number of allylic oxidation sites excluding steroid dienone is 2. The van der Waals surface area contributed by atoms with Crippen molar-refractivity contribution in [2.24, 2.45) is 5.92 Å². The van der Waals surface area contributed by atoms with Gasteiger partial charge in [0.1, 0.15) is 0 Å². The van der Waals surface area contributed by atoms with Crippen LogP contribution >= 0.6 is 0 Å². The van der Waals surface area contributed by atoms with Crippen molar-refractivity contribution in [3.8, 4) is 0 Å².